The summed E-state index contributed by atoms with van der Waals surface area (Å²) in [5.41, 5.74) is 1.05. The summed E-state index contributed by atoms with van der Waals surface area (Å²) in [6.45, 7) is 0.442. The van der Waals surface area contributed by atoms with Crippen molar-refractivity contribution in [1.82, 2.24) is 10.2 Å². The molecule has 9 heteroatoms. The molecule has 0 aromatic heterocycles. The summed E-state index contributed by atoms with van der Waals surface area (Å²) in [6, 6.07) is 14.5. The SMILES string of the molecule is COC(=O)COc1ccc(C(=O)N[C@@H]2CN(C(=O)Nc3ccccc3)CCC[C@H]2O)cc1. The van der Waals surface area contributed by atoms with E-state index in [0.29, 0.717) is 36.4 Å². The normalized spacial score (nSPS) is 18.2. The number of hydrogen-bond donors (Lipinski definition) is 3. The molecule has 0 unspecified atom stereocenters. The summed E-state index contributed by atoms with van der Waals surface area (Å²) < 4.78 is 9.78. The summed E-state index contributed by atoms with van der Waals surface area (Å²) in [5, 5.41) is 16.1. The van der Waals surface area contributed by atoms with Crippen molar-refractivity contribution in [1.29, 1.82) is 0 Å². The number of nitrogens with zero attached hydrogens (tertiary/aromatic N) is 1. The lowest BCUT2D eigenvalue weighted by Crippen LogP contribution is -2.50. The molecular formula is C23H27N3O6. The summed E-state index contributed by atoms with van der Waals surface area (Å²) >= 11 is 0. The van der Waals surface area contributed by atoms with E-state index in [1.165, 1.54) is 7.11 Å². The number of aliphatic hydroxyl groups excluding tert-OH is 1. The minimum Gasteiger partial charge on any atom is -0.482 e. The number of rotatable bonds is 6. The first kappa shape index (κ1) is 23.1. The van der Waals surface area contributed by atoms with Gasteiger partial charge in [0.1, 0.15) is 5.75 Å². The highest BCUT2D eigenvalue weighted by Gasteiger charge is 2.29. The summed E-state index contributed by atoms with van der Waals surface area (Å²) in [5.74, 6) is -0.459. The molecule has 2 aromatic carbocycles. The molecule has 1 fully saturated rings. The predicted molar refractivity (Wildman–Crippen MR) is 117 cm³/mol. The van der Waals surface area contributed by atoms with E-state index in [1.54, 1.807) is 41.3 Å². The van der Waals surface area contributed by atoms with Crippen molar-refractivity contribution in [2.45, 2.75) is 25.0 Å². The first-order valence-corrected chi connectivity index (χ1v) is 10.4. The van der Waals surface area contributed by atoms with Gasteiger partial charge in [-0.25, -0.2) is 9.59 Å². The number of para-hydroxylation sites is 1. The maximum absolute atomic E-state index is 12.7. The maximum Gasteiger partial charge on any atom is 0.343 e. The molecule has 2 atom stereocenters. The first-order valence-electron chi connectivity index (χ1n) is 10.4. The van der Waals surface area contributed by atoms with Gasteiger partial charge in [-0.3, -0.25) is 4.79 Å². The Labute approximate surface area is 186 Å². The van der Waals surface area contributed by atoms with Crippen molar-refractivity contribution < 1.29 is 29.0 Å². The Balaban J connectivity index is 1.59. The predicted octanol–water partition coefficient (Wildman–Crippen LogP) is 2.03. The highest BCUT2D eigenvalue weighted by molar-refractivity contribution is 5.94. The Morgan fingerprint density at radius 2 is 1.81 bits per heavy atom. The van der Waals surface area contributed by atoms with Crippen LogP contribution in [0.15, 0.2) is 54.6 Å². The highest BCUT2D eigenvalue weighted by atomic mass is 16.6. The topological polar surface area (TPSA) is 117 Å². The number of anilines is 1. The number of hydrogen-bond acceptors (Lipinski definition) is 6. The smallest absolute Gasteiger partial charge is 0.343 e. The molecule has 1 aliphatic heterocycles. The van der Waals surface area contributed by atoms with Gasteiger partial charge in [0, 0.05) is 24.3 Å². The van der Waals surface area contributed by atoms with Crippen LogP contribution in [0.5, 0.6) is 5.75 Å². The van der Waals surface area contributed by atoms with Crippen LogP contribution in [-0.4, -0.2) is 66.9 Å². The number of likely N-dealkylation sites (tertiary alicyclic amines) is 1. The number of aliphatic hydroxyl groups is 1. The Bertz CT molecular complexity index is 919. The molecule has 1 aliphatic rings. The van der Waals surface area contributed by atoms with Crippen molar-refractivity contribution in [2.24, 2.45) is 0 Å². The molecule has 3 rings (SSSR count). The molecular weight excluding hydrogens is 414 g/mol. The zero-order chi connectivity index (χ0) is 22.9. The Hall–Kier alpha value is -3.59. The van der Waals surface area contributed by atoms with Gasteiger partial charge in [-0.15, -0.1) is 0 Å². The second kappa shape index (κ2) is 11.1. The van der Waals surface area contributed by atoms with Crippen LogP contribution in [0.3, 0.4) is 0 Å². The molecule has 1 saturated heterocycles. The second-order valence-corrected chi connectivity index (χ2v) is 7.42. The molecule has 32 heavy (non-hydrogen) atoms. The van der Waals surface area contributed by atoms with Crippen molar-refractivity contribution in [3.05, 3.63) is 60.2 Å². The fourth-order valence-corrected chi connectivity index (χ4v) is 3.35. The first-order chi connectivity index (χ1) is 15.5. The average molecular weight is 441 g/mol. The third-order valence-corrected chi connectivity index (χ3v) is 5.14. The summed E-state index contributed by atoms with van der Waals surface area (Å²) in [4.78, 5) is 38.1. The van der Waals surface area contributed by atoms with E-state index in [2.05, 4.69) is 15.4 Å². The van der Waals surface area contributed by atoms with Crippen LogP contribution in [0.25, 0.3) is 0 Å². The van der Waals surface area contributed by atoms with E-state index in [-0.39, 0.29) is 25.1 Å². The van der Waals surface area contributed by atoms with E-state index >= 15 is 0 Å². The lowest BCUT2D eigenvalue weighted by molar-refractivity contribution is -0.142. The monoisotopic (exact) mass is 441 g/mol. The minimum absolute atomic E-state index is 0.186. The van der Waals surface area contributed by atoms with Crippen LogP contribution >= 0.6 is 0 Å². The van der Waals surface area contributed by atoms with Gasteiger partial charge >= 0.3 is 12.0 Å². The highest BCUT2D eigenvalue weighted by Crippen LogP contribution is 2.16. The number of carbonyl (C=O) groups is 3. The van der Waals surface area contributed by atoms with Crippen LogP contribution < -0.4 is 15.4 Å². The Morgan fingerprint density at radius 1 is 1.09 bits per heavy atom. The Kier molecular flexibility index (Phi) is 8.04. The largest absolute Gasteiger partial charge is 0.482 e. The van der Waals surface area contributed by atoms with E-state index in [1.807, 2.05) is 18.2 Å². The maximum atomic E-state index is 12.7. The molecule has 3 amide bonds. The number of carbonyl (C=O) groups excluding carboxylic acids is 3. The van der Waals surface area contributed by atoms with Crippen LogP contribution in [0.4, 0.5) is 10.5 Å². The zero-order valence-corrected chi connectivity index (χ0v) is 17.8. The molecule has 0 bridgehead atoms. The lowest BCUT2D eigenvalue weighted by Gasteiger charge is -2.27. The van der Waals surface area contributed by atoms with Gasteiger partial charge < -0.3 is 30.1 Å². The van der Waals surface area contributed by atoms with Crippen LogP contribution in [0.1, 0.15) is 23.2 Å². The summed E-state index contributed by atoms with van der Waals surface area (Å²) in [7, 11) is 1.27. The molecule has 9 nitrogen and oxygen atoms in total. The second-order valence-electron chi connectivity index (χ2n) is 7.42. The Morgan fingerprint density at radius 3 is 2.50 bits per heavy atom. The van der Waals surface area contributed by atoms with E-state index in [9.17, 15) is 19.5 Å². The number of ether oxygens (including phenoxy) is 2. The number of nitrogens with one attached hydrogen (secondary N) is 2. The van der Waals surface area contributed by atoms with Crippen molar-refractivity contribution in [2.75, 3.05) is 32.1 Å². The van der Waals surface area contributed by atoms with Crippen LogP contribution in [0, 0.1) is 0 Å². The van der Waals surface area contributed by atoms with Gasteiger partial charge in [-0.2, -0.15) is 0 Å². The molecule has 3 N–H and O–H groups in total. The van der Waals surface area contributed by atoms with Crippen LogP contribution in [-0.2, 0) is 9.53 Å². The zero-order valence-electron chi connectivity index (χ0n) is 17.8. The third kappa shape index (κ3) is 6.45. The number of methoxy groups -OCH3 is 1. The van der Waals surface area contributed by atoms with Gasteiger partial charge in [-0.05, 0) is 49.2 Å². The van der Waals surface area contributed by atoms with E-state index in [0.717, 1.165) is 0 Å². The van der Waals surface area contributed by atoms with Gasteiger partial charge in [-0.1, -0.05) is 18.2 Å². The van der Waals surface area contributed by atoms with Gasteiger partial charge in [0.2, 0.25) is 0 Å². The van der Waals surface area contributed by atoms with Gasteiger partial charge in [0.25, 0.3) is 5.91 Å². The number of esters is 1. The quantitative estimate of drug-likeness (QED) is 0.591. The molecule has 170 valence electrons. The van der Waals surface area contributed by atoms with Crippen molar-refractivity contribution >= 4 is 23.6 Å². The third-order valence-electron chi connectivity index (χ3n) is 5.14. The molecule has 0 aliphatic carbocycles. The van der Waals surface area contributed by atoms with Gasteiger partial charge in [0.05, 0.1) is 19.3 Å². The molecule has 1 heterocycles. The van der Waals surface area contributed by atoms with E-state index < -0.39 is 18.1 Å². The average Bonchev–Trinajstić information content (AvgIpc) is 2.99. The molecule has 0 radical (unpaired) electrons. The van der Waals surface area contributed by atoms with E-state index in [4.69, 9.17) is 4.74 Å². The number of urea groups is 1. The molecule has 0 saturated carbocycles. The minimum atomic E-state index is -0.767. The van der Waals surface area contributed by atoms with Gasteiger partial charge in [0.15, 0.2) is 6.61 Å². The fraction of sp³-hybridized carbons (Fsp3) is 0.348. The number of amides is 3. The molecule has 0 spiro atoms. The van der Waals surface area contributed by atoms with Crippen molar-refractivity contribution in [3.63, 3.8) is 0 Å². The van der Waals surface area contributed by atoms with Crippen LogP contribution in [0.2, 0.25) is 0 Å². The molecule has 2 aromatic rings. The fourth-order valence-electron chi connectivity index (χ4n) is 3.35. The summed E-state index contributed by atoms with van der Waals surface area (Å²) in [6.07, 6.45) is 0.332. The van der Waals surface area contributed by atoms with Crippen molar-refractivity contribution in [3.8, 4) is 5.75 Å². The number of benzene rings is 2. The lowest BCUT2D eigenvalue weighted by atomic mass is 10.1. The standard InChI is InChI=1S/C23H27N3O6/c1-31-21(28)15-32-18-11-9-16(10-12-18)22(29)25-19-14-26(13-5-8-20(19)27)23(30)24-17-6-3-2-4-7-17/h2-4,6-7,9-12,19-20,27H,5,8,13-15H2,1H3,(H,24,30)(H,25,29)/t19-,20-/m1/s1.